The predicted molar refractivity (Wildman–Crippen MR) is 86.4 cm³/mol. The van der Waals surface area contributed by atoms with Crippen LogP contribution in [0.2, 0.25) is 10.0 Å². The number of hydrogen-bond acceptors (Lipinski definition) is 3. The van der Waals surface area contributed by atoms with Gasteiger partial charge in [0.05, 0.1) is 7.11 Å². The van der Waals surface area contributed by atoms with E-state index in [1.54, 1.807) is 13.2 Å². The summed E-state index contributed by atoms with van der Waals surface area (Å²) in [7, 11) is 1.66. The van der Waals surface area contributed by atoms with E-state index in [0.717, 1.165) is 30.2 Å². The van der Waals surface area contributed by atoms with Crippen molar-refractivity contribution in [1.29, 1.82) is 0 Å². The van der Waals surface area contributed by atoms with Gasteiger partial charge < -0.3 is 15.4 Å². The number of benzene rings is 2. The molecule has 0 atom stereocenters. The fourth-order valence-electron chi connectivity index (χ4n) is 1.80. The number of halogens is 2. The smallest absolute Gasteiger partial charge is 0.120 e. The fourth-order valence-corrected chi connectivity index (χ4v) is 2.33. The second kappa shape index (κ2) is 7.27. The summed E-state index contributed by atoms with van der Waals surface area (Å²) in [6.07, 6.45) is 0. The Labute approximate surface area is 128 Å². The molecule has 0 aliphatic heterocycles. The minimum Gasteiger partial charge on any atom is -0.497 e. The van der Waals surface area contributed by atoms with Crippen LogP contribution in [0.5, 0.6) is 5.75 Å². The van der Waals surface area contributed by atoms with Crippen LogP contribution in [0.25, 0.3) is 0 Å². The van der Waals surface area contributed by atoms with E-state index < -0.39 is 0 Å². The fraction of sp³-hybridized carbons (Fsp3) is 0.200. The van der Waals surface area contributed by atoms with Gasteiger partial charge in [-0.3, -0.25) is 0 Å². The lowest BCUT2D eigenvalue weighted by molar-refractivity contribution is 0.415. The summed E-state index contributed by atoms with van der Waals surface area (Å²) in [5.74, 6) is 0.838. The minimum absolute atomic E-state index is 0.626. The third-order valence-corrected chi connectivity index (χ3v) is 3.15. The Morgan fingerprint density at radius 2 is 1.55 bits per heavy atom. The van der Waals surface area contributed by atoms with Crippen LogP contribution in [0, 0.1) is 0 Å². The van der Waals surface area contributed by atoms with Gasteiger partial charge >= 0.3 is 0 Å². The average Bonchev–Trinajstić information content (AvgIpc) is 2.43. The second-order valence-corrected chi connectivity index (χ2v) is 5.12. The maximum Gasteiger partial charge on any atom is 0.120 e. The zero-order valence-corrected chi connectivity index (χ0v) is 12.6. The molecular weight excluding hydrogens is 295 g/mol. The van der Waals surface area contributed by atoms with Crippen LogP contribution in [0.3, 0.4) is 0 Å². The van der Waals surface area contributed by atoms with Gasteiger partial charge in [0, 0.05) is 40.6 Å². The number of anilines is 2. The first kappa shape index (κ1) is 14.8. The maximum absolute atomic E-state index is 5.94. The Kier molecular flexibility index (Phi) is 5.39. The minimum atomic E-state index is 0.626. The molecule has 0 saturated heterocycles. The Morgan fingerprint density at radius 1 is 0.900 bits per heavy atom. The molecule has 0 fully saturated rings. The van der Waals surface area contributed by atoms with E-state index >= 15 is 0 Å². The lowest BCUT2D eigenvalue weighted by atomic mass is 10.3. The summed E-state index contributed by atoms with van der Waals surface area (Å²) >= 11 is 11.9. The van der Waals surface area contributed by atoms with Gasteiger partial charge in [-0.2, -0.15) is 0 Å². The van der Waals surface area contributed by atoms with Gasteiger partial charge in [-0.1, -0.05) is 29.3 Å². The summed E-state index contributed by atoms with van der Waals surface area (Å²) < 4.78 is 5.17. The monoisotopic (exact) mass is 310 g/mol. The first-order chi connectivity index (χ1) is 9.67. The summed E-state index contributed by atoms with van der Waals surface area (Å²) in [5.41, 5.74) is 1.94. The molecule has 0 spiro atoms. The molecule has 0 radical (unpaired) electrons. The van der Waals surface area contributed by atoms with Gasteiger partial charge in [0.25, 0.3) is 0 Å². The number of nitrogens with one attached hydrogen (secondary N) is 2. The average molecular weight is 311 g/mol. The van der Waals surface area contributed by atoms with Crippen LogP contribution in [-0.4, -0.2) is 20.2 Å². The molecule has 5 heteroatoms. The summed E-state index contributed by atoms with van der Waals surface area (Å²) in [6, 6.07) is 13.2. The van der Waals surface area contributed by atoms with Crippen molar-refractivity contribution in [1.82, 2.24) is 0 Å². The van der Waals surface area contributed by atoms with Crippen molar-refractivity contribution in [2.75, 3.05) is 30.8 Å². The molecule has 0 bridgehead atoms. The molecule has 0 aliphatic rings. The number of rotatable bonds is 6. The molecule has 2 aromatic carbocycles. The van der Waals surface area contributed by atoms with Crippen molar-refractivity contribution in [3.63, 3.8) is 0 Å². The van der Waals surface area contributed by atoms with E-state index in [1.165, 1.54) is 0 Å². The molecular formula is C15H16Cl2N2O. The number of methoxy groups -OCH3 is 1. The van der Waals surface area contributed by atoms with Crippen molar-refractivity contribution >= 4 is 34.6 Å². The lowest BCUT2D eigenvalue weighted by Crippen LogP contribution is -2.13. The molecule has 0 unspecified atom stereocenters. The van der Waals surface area contributed by atoms with Crippen molar-refractivity contribution < 1.29 is 4.74 Å². The van der Waals surface area contributed by atoms with Gasteiger partial charge in [0.15, 0.2) is 0 Å². The SMILES string of the molecule is COc1cccc(NCCNc2cc(Cl)cc(Cl)c2)c1. The maximum atomic E-state index is 5.94. The summed E-state index contributed by atoms with van der Waals surface area (Å²) in [5, 5.41) is 7.82. The van der Waals surface area contributed by atoms with Gasteiger partial charge in [-0.05, 0) is 30.3 Å². The van der Waals surface area contributed by atoms with Crippen LogP contribution in [-0.2, 0) is 0 Å². The lowest BCUT2D eigenvalue weighted by Gasteiger charge is -2.10. The topological polar surface area (TPSA) is 33.3 Å². The largest absolute Gasteiger partial charge is 0.497 e. The molecule has 0 aliphatic carbocycles. The van der Waals surface area contributed by atoms with Crippen LogP contribution < -0.4 is 15.4 Å². The van der Waals surface area contributed by atoms with Crippen LogP contribution in [0.1, 0.15) is 0 Å². The Balaban J connectivity index is 1.81. The van der Waals surface area contributed by atoms with Crippen molar-refractivity contribution in [2.45, 2.75) is 0 Å². The van der Waals surface area contributed by atoms with Crippen molar-refractivity contribution in [3.8, 4) is 5.75 Å². The van der Waals surface area contributed by atoms with Gasteiger partial charge in [-0.15, -0.1) is 0 Å². The molecule has 0 aromatic heterocycles. The summed E-state index contributed by atoms with van der Waals surface area (Å²) in [4.78, 5) is 0. The molecule has 2 N–H and O–H groups in total. The summed E-state index contributed by atoms with van der Waals surface area (Å²) in [6.45, 7) is 1.53. The molecule has 2 rings (SSSR count). The van der Waals surface area contributed by atoms with E-state index in [-0.39, 0.29) is 0 Å². The van der Waals surface area contributed by atoms with E-state index in [4.69, 9.17) is 27.9 Å². The highest BCUT2D eigenvalue weighted by Gasteiger charge is 1.98. The molecule has 2 aromatic rings. The highest BCUT2D eigenvalue weighted by molar-refractivity contribution is 6.35. The molecule has 106 valence electrons. The van der Waals surface area contributed by atoms with E-state index in [0.29, 0.717) is 10.0 Å². The Morgan fingerprint density at radius 3 is 2.20 bits per heavy atom. The molecule has 0 amide bonds. The van der Waals surface area contributed by atoms with Crippen molar-refractivity contribution in [2.24, 2.45) is 0 Å². The van der Waals surface area contributed by atoms with Crippen LogP contribution in [0.4, 0.5) is 11.4 Å². The van der Waals surface area contributed by atoms with Crippen LogP contribution in [0.15, 0.2) is 42.5 Å². The van der Waals surface area contributed by atoms with Crippen molar-refractivity contribution in [3.05, 3.63) is 52.5 Å². The Bertz CT molecular complexity index is 555. The first-order valence-electron chi connectivity index (χ1n) is 6.25. The normalized spacial score (nSPS) is 10.2. The highest BCUT2D eigenvalue weighted by atomic mass is 35.5. The van der Waals surface area contributed by atoms with E-state index in [1.807, 2.05) is 36.4 Å². The van der Waals surface area contributed by atoms with Gasteiger partial charge in [0.2, 0.25) is 0 Å². The number of hydrogen-bond donors (Lipinski definition) is 2. The first-order valence-corrected chi connectivity index (χ1v) is 7.01. The van der Waals surface area contributed by atoms with Gasteiger partial charge in [0.1, 0.15) is 5.75 Å². The Hall–Kier alpha value is -1.58. The van der Waals surface area contributed by atoms with Crippen LogP contribution >= 0.6 is 23.2 Å². The van der Waals surface area contributed by atoms with E-state index in [2.05, 4.69) is 10.6 Å². The highest BCUT2D eigenvalue weighted by Crippen LogP contribution is 2.22. The third-order valence-electron chi connectivity index (χ3n) is 2.72. The standard InChI is InChI=1S/C15H16Cl2N2O/c1-20-15-4-2-3-13(10-15)18-5-6-19-14-8-11(16)7-12(17)9-14/h2-4,7-10,18-19H,5-6H2,1H3. The third kappa shape index (κ3) is 4.51. The molecule has 3 nitrogen and oxygen atoms in total. The molecule has 20 heavy (non-hydrogen) atoms. The quantitative estimate of drug-likeness (QED) is 0.769. The van der Waals surface area contributed by atoms with Gasteiger partial charge in [-0.25, -0.2) is 0 Å². The molecule has 0 heterocycles. The predicted octanol–water partition coefficient (Wildman–Crippen LogP) is 4.53. The second-order valence-electron chi connectivity index (χ2n) is 4.24. The zero-order valence-electron chi connectivity index (χ0n) is 11.1. The van der Waals surface area contributed by atoms with E-state index in [9.17, 15) is 0 Å². The zero-order chi connectivity index (χ0) is 14.4. The number of ether oxygens (including phenoxy) is 1. The molecule has 0 saturated carbocycles.